The molecule has 2 aromatic rings. The molecule has 0 bridgehead atoms. The number of rotatable bonds is 5. The van der Waals surface area contributed by atoms with Gasteiger partial charge in [0.15, 0.2) is 0 Å². The first-order chi connectivity index (χ1) is 9.22. The smallest absolute Gasteiger partial charge is 0.240 e. The highest BCUT2D eigenvalue weighted by atomic mass is 16.5. The van der Waals surface area contributed by atoms with Crippen LogP contribution in [0.4, 0.5) is 5.69 Å². The Hall–Kier alpha value is -2.23. The Morgan fingerprint density at radius 3 is 2.47 bits per heavy atom. The standard InChI is InChI=1S/C15H18N2O2/c1-3-4-11-5-7-12(8-6-11)19-14-10-9-13(16)15(17-14)18-2/h5-10H,3-4,16H2,1-2H3. The zero-order valence-corrected chi connectivity index (χ0v) is 11.2. The second kappa shape index (κ2) is 6.09. The third-order valence-electron chi connectivity index (χ3n) is 2.74. The summed E-state index contributed by atoms with van der Waals surface area (Å²) in [6, 6.07) is 11.4. The van der Waals surface area contributed by atoms with Crippen molar-refractivity contribution in [1.29, 1.82) is 0 Å². The number of anilines is 1. The average Bonchev–Trinajstić information content (AvgIpc) is 2.43. The van der Waals surface area contributed by atoms with Gasteiger partial charge in [-0.15, -0.1) is 0 Å². The molecule has 1 aromatic carbocycles. The van der Waals surface area contributed by atoms with Crippen LogP contribution in [0.5, 0.6) is 17.5 Å². The molecular weight excluding hydrogens is 240 g/mol. The van der Waals surface area contributed by atoms with E-state index in [0.29, 0.717) is 17.4 Å². The Morgan fingerprint density at radius 1 is 1.11 bits per heavy atom. The van der Waals surface area contributed by atoms with Gasteiger partial charge in [0, 0.05) is 6.07 Å². The number of ether oxygens (including phenoxy) is 2. The topological polar surface area (TPSA) is 57.4 Å². The Labute approximate surface area is 113 Å². The monoisotopic (exact) mass is 258 g/mol. The van der Waals surface area contributed by atoms with Gasteiger partial charge in [0.2, 0.25) is 11.8 Å². The van der Waals surface area contributed by atoms with Gasteiger partial charge in [0.1, 0.15) is 5.75 Å². The van der Waals surface area contributed by atoms with Crippen LogP contribution in [-0.4, -0.2) is 12.1 Å². The normalized spacial score (nSPS) is 10.2. The SMILES string of the molecule is CCCc1ccc(Oc2ccc(N)c(OC)n2)cc1. The van der Waals surface area contributed by atoms with Gasteiger partial charge in [-0.25, -0.2) is 0 Å². The maximum absolute atomic E-state index is 5.70. The fourth-order valence-corrected chi connectivity index (χ4v) is 1.79. The highest BCUT2D eigenvalue weighted by Gasteiger charge is 2.05. The van der Waals surface area contributed by atoms with Crippen LogP contribution in [-0.2, 0) is 6.42 Å². The van der Waals surface area contributed by atoms with E-state index in [0.717, 1.165) is 18.6 Å². The first kappa shape index (κ1) is 13.2. The summed E-state index contributed by atoms with van der Waals surface area (Å²) in [4.78, 5) is 4.18. The van der Waals surface area contributed by atoms with Crippen molar-refractivity contribution < 1.29 is 9.47 Å². The lowest BCUT2D eigenvalue weighted by Gasteiger charge is -2.08. The quantitative estimate of drug-likeness (QED) is 0.892. The van der Waals surface area contributed by atoms with Crippen molar-refractivity contribution in [2.45, 2.75) is 19.8 Å². The number of benzene rings is 1. The van der Waals surface area contributed by atoms with E-state index in [1.54, 1.807) is 12.1 Å². The van der Waals surface area contributed by atoms with Crippen molar-refractivity contribution in [2.24, 2.45) is 0 Å². The molecule has 2 N–H and O–H groups in total. The maximum atomic E-state index is 5.70. The maximum Gasteiger partial charge on any atom is 0.240 e. The van der Waals surface area contributed by atoms with Gasteiger partial charge < -0.3 is 15.2 Å². The fraction of sp³-hybridized carbons (Fsp3) is 0.267. The zero-order chi connectivity index (χ0) is 13.7. The molecule has 0 aliphatic heterocycles. The molecule has 19 heavy (non-hydrogen) atoms. The number of aromatic nitrogens is 1. The van der Waals surface area contributed by atoms with E-state index in [2.05, 4.69) is 24.0 Å². The molecule has 4 heteroatoms. The van der Waals surface area contributed by atoms with Crippen LogP contribution in [0.15, 0.2) is 36.4 Å². The molecule has 0 spiro atoms. The molecule has 0 fully saturated rings. The summed E-state index contributed by atoms with van der Waals surface area (Å²) >= 11 is 0. The third kappa shape index (κ3) is 3.37. The molecule has 100 valence electrons. The predicted molar refractivity (Wildman–Crippen MR) is 75.7 cm³/mol. The molecule has 4 nitrogen and oxygen atoms in total. The minimum Gasteiger partial charge on any atom is -0.479 e. The largest absolute Gasteiger partial charge is 0.479 e. The molecule has 1 heterocycles. The van der Waals surface area contributed by atoms with Gasteiger partial charge in [0.05, 0.1) is 12.8 Å². The number of methoxy groups -OCH3 is 1. The molecule has 1 aromatic heterocycles. The van der Waals surface area contributed by atoms with E-state index in [4.69, 9.17) is 15.2 Å². The van der Waals surface area contributed by atoms with Gasteiger partial charge in [-0.1, -0.05) is 25.5 Å². The highest BCUT2D eigenvalue weighted by Crippen LogP contribution is 2.25. The lowest BCUT2D eigenvalue weighted by Crippen LogP contribution is -1.97. The Kier molecular flexibility index (Phi) is 4.23. The number of nitrogen functional groups attached to an aromatic ring is 1. The summed E-state index contributed by atoms with van der Waals surface area (Å²) < 4.78 is 10.7. The molecule has 2 rings (SSSR count). The van der Waals surface area contributed by atoms with E-state index in [-0.39, 0.29) is 0 Å². The van der Waals surface area contributed by atoms with Gasteiger partial charge >= 0.3 is 0 Å². The van der Waals surface area contributed by atoms with Gasteiger partial charge in [-0.2, -0.15) is 4.98 Å². The molecule has 0 amide bonds. The summed E-state index contributed by atoms with van der Waals surface area (Å²) in [5.41, 5.74) is 7.50. The summed E-state index contributed by atoms with van der Waals surface area (Å²) in [6.45, 7) is 2.16. The first-order valence-corrected chi connectivity index (χ1v) is 6.30. The minimum absolute atomic E-state index is 0.375. The van der Waals surface area contributed by atoms with E-state index in [1.165, 1.54) is 12.7 Å². The second-order valence-corrected chi connectivity index (χ2v) is 4.24. The van der Waals surface area contributed by atoms with Crippen molar-refractivity contribution in [3.05, 3.63) is 42.0 Å². The molecule has 0 aliphatic rings. The molecule has 0 atom stereocenters. The van der Waals surface area contributed by atoms with Crippen LogP contribution in [0.3, 0.4) is 0 Å². The summed E-state index contributed by atoms with van der Waals surface area (Å²) in [7, 11) is 1.53. The lowest BCUT2D eigenvalue weighted by atomic mass is 10.1. The number of hydrogen-bond acceptors (Lipinski definition) is 4. The lowest BCUT2D eigenvalue weighted by molar-refractivity contribution is 0.385. The number of pyridine rings is 1. The number of hydrogen-bond donors (Lipinski definition) is 1. The molecule has 0 radical (unpaired) electrons. The molecule has 0 unspecified atom stereocenters. The number of aryl methyl sites for hydroxylation is 1. The van der Waals surface area contributed by atoms with Crippen LogP contribution < -0.4 is 15.2 Å². The summed E-state index contributed by atoms with van der Waals surface area (Å²) in [5.74, 6) is 1.59. The van der Waals surface area contributed by atoms with Crippen LogP contribution in [0.1, 0.15) is 18.9 Å². The van der Waals surface area contributed by atoms with E-state index in [9.17, 15) is 0 Å². The predicted octanol–water partition coefficient (Wildman–Crippen LogP) is 3.42. The Bertz CT molecular complexity index is 538. The van der Waals surface area contributed by atoms with Gasteiger partial charge in [-0.3, -0.25) is 0 Å². The van der Waals surface area contributed by atoms with Gasteiger partial charge in [-0.05, 0) is 30.2 Å². The van der Waals surface area contributed by atoms with Gasteiger partial charge in [0.25, 0.3) is 0 Å². The Morgan fingerprint density at radius 2 is 1.84 bits per heavy atom. The van der Waals surface area contributed by atoms with Crippen molar-refractivity contribution in [1.82, 2.24) is 4.98 Å². The fourth-order valence-electron chi connectivity index (χ4n) is 1.79. The Balaban J connectivity index is 2.12. The van der Waals surface area contributed by atoms with Crippen LogP contribution in [0, 0.1) is 0 Å². The third-order valence-corrected chi connectivity index (χ3v) is 2.74. The van der Waals surface area contributed by atoms with Crippen LogP contribution >= 0.6 is 0 Å². The van der Waals surface area contributed by atoms with Crippen molar-refractivity contribution in [2.75, 3.05) is 12.8 Å². The second-order valence-electron chi connectivity index (χ2n) is 4.24. The van der Waals surface area contributed by atoms with Crippen LogP contribution in [0.2, 0.25) is 0 Å². The zero-order valence-electron chi connectivity index (χ0n) is 11.2. The minimum atomic E-state index is 0.375. The summed E-state index contributed by atoms with van der Waals surface area (Å²) in [5, 5.41) is 0. The number of nitrogens with zero attached hydrogens (tertiary/aromatic N) is 1. The van der Waals surface area contributed by atoms with Crippen LogP contribution in [0.25, 0.3) is 0 Å². The molecule has 0 saturated heterocycles. The van der Waals surface area contributed by atoms with Crippen molar-refractivity contribution in [3.8, 4) is 17.5 Å². The molecule has 0 aliphatic carbocycles. The summed E-state index contributed by atoms with van der Waals surface area (Å²) in [6.07, 6.45) is 2.21. The highest BCUT2D eigenvalue weighted by molar-refractivity contribution is 5.49. The first-order valence-electron chi connectivity index (χ1n) is 6.30. The van der Waals surface area contributed by atoms with Crippen molar-refractivity contribution >= 4 is 5.69 Å². The van der Waals surface area contributed by atoms with E-state index < -0.39 is 0 Å². The van der Waals surface area contributed by atoms with Crippen molar-refractivity contribution in [3.63, 3.8) is 0 Å². The van der Waals surface area contributed by atoms with E-state index in [1.807, 2.05) is 12.1 Å². The number of nitrogens with two attached hydrogens (primary N) is 1. The molecular formula is C15H18N2O2. The molecule has 0 saturated carbocycles. The van der Waals surface area contributed by atoms with E-state index >= 15 is 0 Å². The average molecular weight is 258 g/mol.